The predicted molar refractivity (Wildman–Crippen MR) is 142 cm³/mol. The first-order chi connectivity index (χ1) is 17.6. The molecule has 0 aliphatic rings. The van der Waals surface area contributed by atoms with Gasteiger partial charge in [0.25, 0.3) is 11.8 Å². The molecular weight excluding hydrogens is 520 g/mol. The van der Waals surface area contributed by atoms with Gasteiger partial charge in [-0.15, -0.1) is 0 Å². The summed E-state index contributed by atoms with van der Waals surface area (Å²) in [7, 11) is 0. The largest absolute Gasteiger partial charge is 0.492 e. The van der Waals surface area contributed by atoms with Gasteiger partial charge in [-0.1, -0.05) is 72.8 Å². The van der Waals surface area contributed by atoms with E-state index in [1.807, 2.05) is 60.7 Å². The normalized spacial score (nSPS) is 10.4. The molecule has 0 radical (unpaired) electrons. The number of para-hydroxylation sites is 1. The number of halogens is 1. The minimum absolute atomic E-state index is 0.317. The molecule has 0 aliphatic carbocycles. The fourth-order valence-electron chi connectivity index (χ4n) is 3.45. The molecule has 0 saturated carbocycles. The number of hydrazine groups is 1. The Balaban J connectivity index is 1.30. The van der Waals surface area contributed by atoms with Crippen molar-refractivity contribution in [3.05, 3.63) is 130 Å². The van der Waals surface area contributed by atoms with Crippen LogP contribution in [0.5, 0.6) is 11.5 Å². The molecule has 0 heterocycles. The van der Waals surface area contributed by atoms with E-state index < -0.39 is 11.8 Å². The van der Waals surface area contributed by atoms with Crippen LogP contribution in [0.4, 0.5) is 0 Å². The molecule has 0 aliphatic heterocycles. The van der Waals surface area contributed by atoms with Crippen molar-refractivity contribution in [3.8, 4) is 11.5 Å². The van der Waals surface area contributed by atoms with E-state index in [0.29, 0.717) is 40.3 Å². The van der Waals surface area contributed by atoms with Crippen LogP contribution in [-0.2, 0) is 13.0 Å². The zero-order chi connectivity index (χ0) is 25.2. The van der Waals surface area contributed by atoms with E-state index >= 15 is 0 Å². The van der Waals surface area contributed by atoms with E-state index in [1.54, 1.807) is 42.5 Å². The molecule has 4 aromatic carbocycles. The Morgan fingerprint density at radius 1 is 0.667 bits per heavy atom. The van der Waals surface area contributed by atoms with Crippen LogP contribution in [0.25, 0.3) is 0 Å². The van der Waals surface area contributed by atoms with Crippen molar-refractivity contribution in [1.29, 1.82) is 0 Å². The van der Waals surface area contributed by atoms with Crippen molar-refractivity contribution in [2.45, 2.75) is 13.0 Å². The highest BCUT2D eigenvalue weighted by Gasteiger charge is 2.15. The summed E-state index contributed by atoms with van der Waals surface area (Å²) < 4.78 is 12.3. The van der Waals surface area contributed by atoms with Crippen molar-refractivity contribution in [3.63, 3.8) is 0 Å². The quantitative estimate of drug-likeness (QED) is 0.264. The zero-order valence-electron chi connectivity index (χ0n) is 19.4. The number of carbonyl (C=O) groups is 2. The molecule has 7 heteroatoms. The number of rotatable bonds is 9. The van der Waals surface area contributed by atoms with Gasteiger partial charge in [-0.25, -0.2) is 0 Å². The monoisotopic (exact) mass is 544 g/mol. The fourth-order valence-corrected chi connectivity index (χ4v) is 3.94. The van der Waals surface area contributed by atoms with Gasteiger partial charge >= 0.3 is 0 Å². The van der Waals surface area contributed by atoms with Gasteiger partial charge in [0.2, 0.25) is 0 Å². The summed E-state index contributed by atoms with van der Waals surface area (Å²) in [5, 5.41) is 0. The van der Waals surface area contributed by atoms with Gasteiger partial charge in [-0.2, -0.15) is 0 Å². The molecule has 0 atom stereocenters. The van der Waals surface area contributed by atoms with Crippen molar-refractivity contribution in [2.75, 3.05) is 6.61 Å². The highest BCUT2D eigenvalue weighted by Crippen LogP contribution is 2.26. The number of ether oxygens (including phenoxy) is 2. The first kappa shape index (κ1) is 25.0. The molecule has 0 unspecified atom stereocenters. The number of amides is 2. The highest BCUT2D eigenvalue weighted by atomic mass is 79.9. The van der Waals surface area contributed by atoms with Crippen LogP contribution in [0.3, 0.4) is 0 Å². The van der Waals surface area contributed by atoms with Crippen LogP contribution in [-0.4, -0.2) is 18.4 Å². The van der Waals surface area contributed by atoms with Crippen LogP contribution in [0.15, 0.2) is 108 Å². The number of carbonyl (C=O) groups excluding carboxylic acids is 2. The van der Waals surface area contributed by atoms with Crippen molar-refractivity contribution >= 4 is 27.7 Å². The number of benzene rings is 4. The first-order valence-electron chi connectivity index (χ1n) is 11.4. The SMILES string of the molecule is O=C(NNC(=O)c1ccccc1OCc1ccccc1)c1ccc(OCCc2ccccc2)c(Br)c1. The van der Waals surface area contributed by atoms with E-state index in [-0.39, 0.29) is 0 Å². The second-order valence-corrected chi connectivity index (χ2v) is 8.76. The summed E-state index contributed by atoms with van der Waals surface area (Å²) in [6, 6.07) is 31.6. The van der Waals surface area contributed by atoms with E-state index in [4.69, 9.17) is 9.47 Å². The number of nitrogens with one attached hydrogen (secondary N) is 2. The summed E-state index contributed by atoms with van der Waals surface area (Å²) in [5.74, 6) is 0.123. The molecule has 182 valence electrons. The summed E-state index contributed by atoms with van der Waals surface area (Å²) in [6.07, 6.45) is 0.776. The Morgan fingerprint density at radius 3 is 2.03 bits per heavy atom. The van der Waals surface area contributed by atoms with Gasteiger partial charge in [-0.05, 0) is 57.4 Å². The summed E-state index contributed by atoms with van der Waals surface area (Å²) in [4.78, 5) is 25.4. The average Bonchev–Trinajstić information content (AvgIpc) is 2.92. The average molecular weight is 545 g/mol. The van der Waals surface area contributed by atoms with Gasteiger partial charge in [0.05, 0.1) is 16.6 Å². The molecule has 4 rings (SSSR count). The van der Waals surface area contributed by atoms with Crippen molar-refractivity contribution in [2.24, 2.45) is 0 Å². The Labute approximate surface area is 218 Å². The molecular formula is C29H25BrN2O4. The van der Waals surface area contributed by atoms with E-state index in [9.17, 15) is 9.59 Å². The van der Waals surface area contributed by atoms with Crippen LogP contribution in [0.1, 0.15) is 31.8 Å². The Bertz CT molecular complexity index is 1310. The Morgan fingerprint density at radius 2 is 1.31 bits per heavy atom. The molecule has 0 saturated heterocycles. The van der Waals surface area contributed by atoms with Gasteiger partial charge in [-0.3, -0.25) is 20.4 Å². The molecule has 2 N–H and O–H groups in total. The lowest BCUT2D eigenvalue weighted by molar-refractivity contribution is 0.0844. The standard InChI is InChI=1S/C29H25BrN2O4/c30-25-19-23(15-16-27(25)35-18-17-21-9-3-1-4-10-21)28(33)31-32-29(34)24-13-7-8-14-26(24)36-20-22-11-5-2-6-12-22/h1-16,19H,17-18,20H2,(H,31,33)(H,32,34). The highest BCUT2D eigenvalue weighted by molar-refractivity contribution is 9.10. The minimum atomic E-state index is -0.480. The lowest BCUT2D eigenvalue weighted by atomic mass is 10.2. The minimum Gasteiger partial charge on any atom is -0.492 e. The van der Waals surface area contributed by atoms with Crippen LogP contribution < -0.4 is 20.3 Å². The first-order valence-corrected chi connectivity index (χ1v) is 12.2. The maximum Gasteiger partial charge on any atom is 0.273 e. The number of hydrogen-bond acceptors (Lipinski definition) is 4. The molecule has 6 nitrogen and oxygen atoms in total. The van der Waals surface area contributed by atoms with Gasteiger partial charge in [0.1, 0.15) is 18.1 Å². The smallest absolute Gasteiger partial charge is 0.273 e. The summed E-state index contributed by atoms with van der Waals surface area (Å²) >= 11 is 3.46. The van der Waals surface area contributed by atoms with E-state index in [2.05, 4.69) is 26.8 Å². The van der Waals surface area contributed by atoms with E-state index in [1.165, 1.54) is 5.56 Å². The lowest BCUT2D eigenvalue weighted by Crippen LogP contribution is -2.41. The molecule has 4 aromatic rings. The second-order valence-electron chi connectivity index (χ2n) is 7.91. The Kier molecular flexibility index (Phi) is 8.72. The van der Waals surface area contributed by atoms with Crippen LogP contribution in [0, 0.1) is 0 Å². The summed E-state index contributed by atoms with van der Waals surface area (Å²) in [6.45, 7) is 0.835. The van der Waals surface area contributed by atoms with Crippen molar-refractivity contribution < 1.29 is 19.1 Å². The molecule has 2 amide bonds. The predicted octanol–water partition coefficient (Wildman–Crippen LogP) is 5.72. The molecule has 0 fully saturated rings. The fraction of sp³-hybridized carbons (Fsp3) is 0.103. The number of hydrogen-bond donors (Lipinski definition) is 2. The Hall–Kier alpha value is -4.10. The van der Waals surface area contributed by atoms with Crippen LogP contribution in [0.2, 0.25) is 0 Å². The zero-order valence-corrected chi connectivity index (χ0v) is 21.0. The third kappa shape index (κ3) is 6.96. The summed E-state index contributed by atoms with van der Waals surface area (Å²) in [5.41, 5.74) is 7.77. The molecule has 0 aromatic heterocycles. The third-order valence-corrected chi connectivity index (χ3v) is 5.96. The topological polar surface area (TPSA) is 76.7 Å². The van der Waals surface area contributed by atoms with E-state index in [0.717, 1.165) is 12.0 Å². The maximum atomic E-state index is 12.7. The van der Waals surface area contributed by atoms with Crippen molar-refractivity contribution in [1.82, 2.24) is 10.9 Å². The van der Waals surface area contributed by atoms with Gasteiger partial charge < -0.3 is 9.47 Å². The van der Waals surface area contributed by atoms with Crippen LogP contribution >= 0.6 is 15.9 Å². The second kappa shape index (κ2) is 12.6. The molecule has 36 heavy (non-hydrogen) atoms. The third-order valence-electron chi connectivity index (χ3n) is 5.34. The lowest BCUT2D eigenvalue weighted by Gasteiger charge is -2.13. The molecule has 0 spiro atoms. The van der Waals surface area contributed by atoms with Gasteiger partial charge in [0, 0.05) is 12.0 Å². The van der Waals surface area contributed by atoms with Gasteiger partial charge in [0.15, 0.2) is 0 Å². The molecule has 0 bridgehead atoms. The maximum absolute atomic E-state index is 12.7.